The van der Waals surface area contributed by atoms with Gasteiger partial charge in [0.05, 0.1) is 10.7 Å². The van der Waals surface area contributed by atoms with Crippen molar-refractivity contribution >= 4 is 34.0 Å². The number of anilines is 1. The van der Waals surface area contributed by atoms with Crippen LogP contribution < -0.4 is 10.9 Å². The highest BCUT2D eigenvalue weighted by Crippen LogP contribution is 2.22. The van der Waals surface area contributed by atoms with Crippen LogP contribution in [0.5, 0.6) is 0 Å². The molecule has 2 aromatic carbocycles. The molecule has 0 fully saturated rings. The van der Waals surface area contributed by atoms with Gasteiger partial charge < -0.3 is 9.88 Å². The molecule has 0 aliphatic carbocycles. The highest BCUT2D eigenvalue weighted by molar-refractivity contribution is 6.33. The van der Waals surface area contributed by atoms with Crippen molar-refractivity contribution in [3.63, 3.8) is 0 Å². The Morgan fingerprint density at radius 2 is 1.96 bits per heavy atom. The van der Waals surface area contributed by atoms with Gasteiger partial charge in [-0.25, -0.2) is 0 Å². The molecule has 0 unspecified atom stereocenters. The average Bonchev–Trinajstić information content (AvgIpc) is 2.53. The molecule has 116 valence electrons. The molecule has 1 amide bonds. The van der Waals surface area contributed by atoms with Gasteiger partial charge >= 0.3 is 0 Å². The SMILES string of the molecule is Cc1ccc(NC(=O)Cn2ccc3ccccc3c2=O)c(Cl)c1. The molecule has 3 rings (SSSR count). The van der Waals surface area contributed by atoms with Crippen LogP contribution in [0.15, 0.2) is 59.5 Å². The van der Waals surface area contributed by atoms with Gasteiger partial charge in [-0.2, -0.15) is 0 Å². The summed E-state index contributed by atoms with van der Waals surface area (Å²) in [6.45, 7) is 1.86. The summed E-state index contributed by atoms with van der Waals surface area (Å²) in [4.78, 5) is 24.6. The molecule has 1 aromatic heterocycles. The lowest BCUT2D eigenvalue weighted by Gasteiger charge is -2.10. The number of aryl methyl sites for hydroxylation is 1. The van der Waals surface area contributed by atoms with E-state index in [1.165, 1.54) is 4.57 Å². The van der Waals surface area contributed by atoms with Crippen molar-refractivity contribution in [3.8, 4) is 0 Å². The normalized spacial score (nSPS) is 10.7. The minimum Gasteiger partial charge on any atom is -0.323 e. The quantitative estimate of drug-likeness (QED) is 0.799. The van der Waals surface area contributed by atoms with Crippen molar-refractivity contribution in [3.05, 3.63) is 75.7 Å². The lowest BCUT2D eigenvalue weighted by molar-refractivity contribution is -0.116. The molecule has 0 saturated carbocycles. The van der Waals surface area contributed by atoms with E-state index in [1.54, 1.807) is 30.5 Å². The Kier molecular flexibility index (Phi) is 4.17. The minimum absolute atomic E-state index is 0.0616. The van der Waals surface area contributed by atoms with Gasteiger partial charge in [-0.15, -0.1) is 0 Å². The van der Waals surface area contributed by atoms with Crippen LogP contribution in [0, 0.1) is 6.92 Å². The number of hydrogen-bond donors (Lipinski definition) is 1. The second-order valence-electron chi connectivity index (χ2n) is 5.37. The first-order chi connectivity index (χ1) is 11.0. The van der Waals surface area contributed by atoms with E-state index in [0.29, 0.717) is 16.1 Å². The zero-order valence-corrected chi connectivity index (χ0v) is 13.3. The van der Waals surface area contributed by atoms with E-state index in [2.05, 4.69) is 5.32 Å². The Labute approximate surface area is 138 Å². The van der Waals surface area contributed by atoms with Crippen LogP contribution in [0.1, 0.15) is 5.56 Å². The monoisotopic (exact) mass is 326 g/mol. The first-order valence-electron chi connectivity index (χ1n) is 7.19. The standard InChI is InChI=1S/C18H15ClN2O2/c1-12-6-7-16(15(19)10-12)20-17(22)11-21-9-8-13-4-2-3-5-14(13)18(21)23/h2-10H,11H2,1H3,(H,20,22). The molecule has 1 heterocycles. The van der Waals surface area contributed by atoms with Gasteiger partial charge in [0.2, 0.25) is 5.91 Å². The van der Waals surface area contributed by atoms with Gasteiger partial charge in [-0.3, -0.25) is 9.59 Å². The van der Waals surface area contributed by atoms with Gasteiger partial charge in [-0.1, -0.05) is 35.9 Å². The number of halogens is 1. The molecule has 0 aliphatic rings. The fraction of sp³-hybridized carbons (Fsp3) is 0.111. The number of carbonyl (C=O) groups excluding carboxylic acids is 1. The van der Waals surface area contributed by atoms with Crippen LogP contribution in [0.25, 0.3) is 10.8 Å². The van der Waals surface area contributed by atoms with Gasteiger partial charge in [0.25, 0.3) is 5.56 Å². The van der Waals surface area contributed by atoms with Crippen molar-refractivity contribution in [2.45, 2.75) is 13.5 Å². The third kappa shape index (κ3) is 3.27. The zero-order chi connectivity index (χ0) is 16.4. The van der Waals surface area contributed by atoms with Crippen LogP contribution >= 0.6 is 11.6 Å². The Balaban J connectivity index is 1.83. The van der Waals surface area contributed by atoms with Crippen molar-refractivity contribution in [2.24, 2.45) is 0 Å². The summed E-state index contributed by atoms with van der Waals surface area (Å²) < 4.78 is 1.39. The Hall–Kier alpha value is -2.59. The maximum absolute atomic E-state index is 12.4. The number of pyridine rings is 1. The van der Waals surface area contributed by atoms with Gasteiger partial charge in [-0.05, 0) is 42.1 Å². The Bertz CT molecular complexity index is 947. The smallest absolute Gasteiger partial charge is 0.258 e. The predicted octanol–water partition coefficient (Wildman–Crippen LogP) is 3.60. The van der Waals surface area contributed by atoms with E-state index in [0.717, 1.165) is 10.9 Å². The third-order valence-electron chi connectivity index (χ3n) is 3.60. The average molecular weight is 327 g/mol. The molecule has 0 aliphatic heterocycles. The molecule has 0 saturated heterocycles. The number of carbonyl (C=O) groups is 1. The van der Waals surface area contributed by atoms with Crippen LogP contribution in [-0.2, 0) is 11.3 Å². The predicted molar refractivity (Wildman–Crippen MR) is 93.0 cm³/mol. The number of amides is 1. The summed E-state index contributed by atoms with van der Waals surface area (Å²) >= 11 is 6.10. The van der Waals surface area contributed by atoms with E-state index < -0.39 is 0 Å². The molecular formula is C18H15ClN2O2. The number of nitrogens with zero attached hydrogens (tertiary/aromatic N) is 1. The zero-order valence-electron chi connectivity index (χ0n) is 12.5. The summed E-state index contributed by atoms with van der Waals surface area (Å²) in [5.74, 6) is -0.298. The summed E-state index contributed by atoms with van der Waals surface area (Å²) in [6.07, 6.45) is 1.63. The molecule has 0 spiro atoms. The maximum Gasteiger partial charge on any atom is 0.258 e. The van der Waals surface area contributed by atoms with Crippen LogP contribution in [-0.4, -0.2) is 10.5 Å². The largest absolute Gasteiger partial charge is 0.323 e. The number of benzene rings is 2. The first-order valence-corrected chi connectivity index (χ1v) is 7.56. The molecule has 3 aromatic rings. The highest BCUT2D eigenvalue weighted by atomic mass is 35.5. The number of hydrogen-bond acceptors (Lipinski definition) is 2. The summed E-state index contributed by atoms with van der Waals surface area (Å²) in [6, 6.07) is 14.5. The third-order valence-corrected chi connectivity index (χ3v) is 3.91. The van der Waals surface area contributed by atoms with E-state index in [4.69, 9.17) is 11.6 Å². The molecule has 0 bridgehead atoms. The lowest BCUT2D eigenvalue weighted by atomic mass is 10.2. The number of aromatic nitrogens is 1. The second-order valence-corrected chi connectivity index (χ2v) is 5.77. The van der Waals surface area contributed by atoms with E-state index in [9.17, 15) is 9.59 Å². The minimum atomic E-state index is -0.298. The highest BCUT2D eigenvalue weighted by Gasteiger charge is 2.09. The molecule has 1 N–H and O–H groups in total. The molecular weight excluding hydrogens is 312 g/mol. The molecule has 4 nitrogen and oxygen atoms in total. The number of rotatable bonds is 3. The molecule has 23 heavy (non-hydrogen) atoms. The fourth-order valence-corrected chi connectivity index (χ4v) is 2.70. The fourth-order valence-electron chi connectivity index (χ4n) is 2.42. The van der Waals surface area contributed by atoms with E-state index in [-0.39, 0.29) is 18.0 Å². The summed E-state index contributed by atoms with van der Waals surface area (Å²) in [5.41, 5.74) is 1.36. The first kappa shape index (κ1) is 15.3. The lowest BCUT2D eigenvalue weighted by Crippen LogP contribution is -2.27. The van der Waals surface area contributed by atoms with Crippen molar-refractivity contribution < 1.29 is 4.79 Å². The van der Waals surface area contributed by atoms with Crippen molar-refractivity contribution in [2.75, 3.05) is 5.32 Å². The maximum atomic E-state index is 12.4. The van der Waals surface area contributed by atoms with Crippen molar-refractivity contribution in [1.29, 1.82) is 0 Å². The second kappa shape index (κ2) is 6.26. The molecule has 0 radical (unpaired) electrons. The van der Waals surface area contributed by atoms with E-state index in [1.807, 2.05) is 31.2 Å². The van der Waals surface area contributed by atoms with Gasteiger partial charge in [0.1, 0.15) is 6.54 Å². The number of fused-ring (bicyclic) bond motifs is 1. The molecule has 0 atom stereocenters. The van der Waals surface area contributed by atoms with E-state index >= 15 is 0 Å². The number of nitrogens with one attached hydrogen (secondary N) is 1. The molecule has 5 heteroatoms. The van der Waals surface area contributed by atoms with Gasteiger partial charge in [0, 0.05) is 11.6 Å². The summed E-state index contributed by atoms with van der Waals surface area (Å²) in [7, 11) is 0. The van der Waals surface area contributed by atoms with Crippen LogP contribution in [0.3, 0.4) is 0 Å². The van der Waals surface area contributed by atoms with Crippen LogP contribution in [0.4, 0.5) is 5.69 Å². The van der Waals surface area contributed by atoms with Crippen molar-refractivity contribution in [1.82, 2.24) is 4.57 Å². The Morgan fingerprint density at radius 3 is 2.74 bits per heavy atom. The Morgan fingerprint density at radius 1 is 1.17 bits per heavy atom. The van der Waals surface area contributed by atoms with Crippen LogP contribution in [0.2, 0.25) is 5.02 Å². The summed E-state index contributed by atoms with van der Waals surface area (Å²) in [5, 5.41) is 4.66. The topological polar surface area (TPSA) is 51.1 Å². The van der Waals surface area contributed by atoms with Gasteiger partial charge in [0.15, 0.2) is 0 Å².